The van der Waals surface area contributed by atoms with Gasteiger partial charge in [-0.2, -0.15) is 5.10 Å². The highest BCUT2D eigenvalue weighted by atomic mass is 19.1. The fraction of sp³-hybridized carbons (Fsp3) is 0.316. The molecule has 0 fully saturated rings. The molecule has 0 bridgehead atoms. The van der Waals surface area contributed by atoms with Gasteiger partial charge in [-0.3, -0.25) is 4.68 Å². The van der Waals surface area contributed by atoms with Gasteiger partial charge in [0.1, 0.15) is 18.0 Å². The van der Waals surface area contributed by atoms with Gasteiger partial charge in [0.15, 0.2) is 0 Å². The summed E-state index contributed by atoms with van der Waals surface area (Å²) < 4.78 is 15.1. The van der Waals surface area contributed by atoms with E-state index in [9.17, 15) is 4.39 Å². The number of hydrogen-bond acceptors (Lipinski definition) is 4. The molecule has 0 atom stereocenters. The van der Waals surface area contributed by atoms with Crippen molar-refractivity contribution in [2.45, 2.75) is 39.4 Å². The van der Waals surface area contributed by atoms with Crippen molar-refractivity contribution in [3.05, 3.63) is 71.2 Å². The molecule has 0 N–H and O–H groups in total. The van der Waals surface area contributed by atoms with Crippen LogP contribution in [0.25, 0.3) is 0 Å². The first kappa shape index (κ1) is 15.7. The largest absolute Gasteiger partial charge is 0.346 e. The van der Waals surface area contributed by atoms with Gasteiger partial charge in [0.2, 0.25) is 0 Å². The van der Waals surface area contributed by atoms with Crippen LogP contribution in [0, 0.1) is 5.82 Å². The number of hydrogen-bond donors (Lipinski definition) is 0. The number of fused-ring (bicyclic) bond motifs is 1. The third kappa shape index (κ3) is 2.99. The Morgan fingerprint density at radius 2 is 1.92 bits per heavy atom. The van der Waals surface area contributed by atoms with Crippen LogP contribution in [0.3, 0.4) is 0 Å². The lowest BCUT2D eigenvalue weighted by atomic mass is 10.1. The standard InChI is InChI=1S/C19H20FN5/c1-13(2)17-8-21-12-22-19(17)24-10-15-7-23-25(18(15)11-24)9-14-3-5-16(20)6-4-14/h3-8,12-13H,9-11H2,1-2H3. The number of nitrogens with zero attached hydrogens (tertiary/aromatic N) is 5. The normalized spacial score (nSPS) is 13.5. The highest BCUT2D eigenvalue weighted by Crippen LogP contribution is 2.31. The lowest BCUT2D eigenvalue weighted by Gasteiger charge is -2.21. The third-order valence-electron chi connectivity index (χ3n) is 4.62. The fourth-order valence-electron chi connectivity index (χ4n) is 3.26. The summed E-state index contributed by atoms with van der Waals surface area (Å²) in [6.45, 7) is 6.52. The van der Waals surface area contributed by atoms with E-state index in [1.165, 1.54) is 23.4 Å². The zero-order chi connectivity index (χ0) is 17.4. The molecule has 128 valence electrons. The second-order valence-electron chi connectivity index (χ2n) is 6.71. The second kappa shape index (κ2) is 6.27. The summed E-state index contributed by atoms with van der Waals surface area (Å²) in [5.41, 5.74) is 4.61. The van der Waals surface area contributed by atoms with E-state index in [0.717, 1.165) is 30.0 Å². The molecule has 0 radical (unpaired) electrons. The van der Waals surface area contributed by atoms with Crippen LogP contribution in [-0.2, 0) is 19.6 Å². The summed E-state index contributed by atoms with van der Waals surface area (Å²) in [5, 5.41) is 4.50. The predicted molar refractivity (Wildman–Crippen MR) is 93.7 cm³/mol. The van der Waals surface area contributed by atoms with E-state index in [-0.39, 0.29) is 5.82 Å². The SMILES string of the molecule is CC(C)c1cncnc1N1Cc2cnn(Cc3ccc(F)cc3)c2C1. The van der Waals surface area contributed by atoms with Gasteiger partial charge in [0.05, 0.1) is 25.0 Å². The number of anilines is 1. The average molecular weight is 337 g/mol. The van der Waals surface area contributed by atoms with Crippen LogP contribution in [0.5, 0.6) is 0 Å². The maximum absolute atomic E-state index is 13.1. The molecule has 1 aliphatic rings. The van der Waals surface area contributed by atoms with Gasteiger partial charge in [-0.05, 0) is 23.6 Å². The first-order valence-electron chi connectivity index (χ1n) is 8.44. The first-order chi connectivity index (χ1) is 12.1. The maximum Gasteiger partial charge on any atom is 0.136 e. The van der Waals surface area contributed by atoms with Crippen molar-refractivity contribution in [2.24, 2.45) is 0 Å². The lowest BCUT2D eigenvalue weighted by molar-refractivity contribution is 0.620. The summed E-state index contributed by atoms with van der Waals surface area (Å²) in [6, 6.07) is 6.58. The minimum atomic E-state index is -0.217. The molecule has 3 heterocycles. The molecule has 2 aromatic heterocycles. The van der Waals surface area contributed by atoms with Gasteiger partial charge in [0, 0.05) is 23.9 Å². The Balaban J connectivity index is 1.58. The summed E-state index contributed by atoms with van der Waals surface area (Å²) in [6.07, 6.45) is 5.44. The van der Waals surface area contributed by atoms with Gasteiger partial charge < -0.3 is 4.90 Å². The number of aromatic nitrogens is 4. The Kier molecular flexibility index (Phi) is 3.95. The summed E-state index contributed by atoms with van der Waals surface area (Å²) in [4.78, 5) is 10.9. The molecule has 0 aliphatic carbocycles. The molecular weight excluding hydrogens is 317 g/mol. The van der Waals surface area contributed by atoms with Crippen LogP contribution in [-0.4, -0.2) is 19.7 Å². The van der Waals surface area contributed by atoms with E-state index in [1.54, 1.807) is 18.5 Å². The Morgan fingerprint density at radius 1 is 1.12 bits per heavy atom. The molecule has 0 amide bonds. The van der Waals surface area contributed by atoms with Crippen LogP contribution in [0.2, 0.25) is 0 Å². The number of benzene rings is 1. The van der Waals surface area contributed by atoms with Gasteiger partial charge in [-0.25, -0.2) is 14.4 Å². The molecule has 0 spiro atoms. The Hall–Kier alpha value is -2.76. The smallest absolute Gasteiger partial charge is 0.136 e. The topological polar surface area (TPSA) is 46.8 Å². The maximum atomic E-state index is 13.1. The molecule has 0 unspecified atom stereocenters. The zero-order valence-electron chi connectivity index (χ0n) is 14.4. The summed E-state index contributed by atoms with van der Waals surface area (Å²) in [7, 11) is 0. The Bertz CT molecular complexity index is 885. The summed E-state index contributed by atoms with van der Waals surface area (Å²) in [5.74, 6) is 1.15. The highest BCUT2D eigenvalue weighted by Gasteiger charge is 2.26. The Labute approximate surface area is 146 Å². The van der Waals surface area contributed by atoms with Crippen LogP contribution < -0.4 is 4.90 Å². The quantitative estimate of drug-likeness (QED) is 0.731. The molecule has 25 heavy (non-hydrogen) atoms. The third-order valence-corrected chi connectivity index (χ3v) is 4.62. The van der Waals surface area contributed by atoms with E-state index >= 15 is 0 Å². The van der Waals surface area contributed by atoms with Crippen LogP contribution in [0.4, 0.5) is 10.2 Å². The van der Waals surface area contributed by atoms with Gasteiger partial charge in [-0.1, -0.05) is 26.0 Å². The number of halogens is 1. The zero-order valence-corrected chi connectivity index (χ0v) is 14.4. The number of rotatable bonds is 4. The van der Waals surface area contributed by atoms with Crippen LogP contribution >= 0.6 is 0 Å². The van der Waals surface area contributed by atoms with Gasteiger partial charge in [0.25, 0.3) is 0 Å². The molecule has 6 heteroatoms. The van der Waals surface area contributed by atoms with E-state index in [2.05, 4.69) is 33.8 Å². The van der Waals surface area contributed by atoms with Crippen molar-refractivity contribution < 1.29 is 4.39 Å². The van der Waals surface area contributed by atoms with E-state index in [0.29, 0.717) is 12.5 Å². The average Bonchev–Trinajstić information content (AvgIpc) is 3.19. The van der Waals surface area contributed by atoms with Crippen molar-refractivity contribution in [3.8, 4) is 0 Å². The lowest BCUT2D eigenvalue weighted by Crippen LogP contribution is -2.20. The molecule has 5 nitrogen and oxygen atoms in total. The van der Waals surface area contributed by atoms with Crippen molar-refractivity contribution in [1.82, 2.24) is 19.7 Å². The molecule has 3 aromatic rings. The molecule has 1 aliphatic heterocycles. The second-order valence-corrected chi connectivity index (χ2v) is 6.71. The molecule has 0 saturated heterocycles. The predicted octanol–water partition coefficient (Wildman–Crippen LogP) is 3.50. The fourth-order valence-corrected chi connectivity index (χ4v) is 3.26. The van der Waals surface area contributed by atoms with Gasteiger partial charge >= 0.3 is 0 Å². The van der Waals surface area contributed by atoms with E-state index < -0.39 is 0 Å². The summed E-state index contributed by atoms with van der Waals surface area (Å²) >= 11 is 0. The van der Waals surface area contributed by atoms with Crippen LogP contribution in [0.15, 0.2) is 43.0 Å². The van der Waals surface area contributed by atoms with E-state index in [1.807, 2.05) is 17.1 Å². The van der Waals surface area contributed by atoms with Crippen molar-refractivity contribution in [1.29, 1.82) is 0 Å². The Morgan fingerprint density at radius 3 is 2.68 bits per heavy atom. The molecule has 1 aromatic carbocycles. The molecular formula is C19H20FN5. The van der Waals surface area contributed by atoms with Gasteiger partial charge in [-0.15, -0.1) is 0 Å². The first-order valence-corrected chi connectivity index (χ1v) is 8.44. The molecule has 4 rings (SSSR count). The highest BCUT2D eigenvalue weighted by molar-refractivity contribution is 5.51. The van der Waals surface area contributed by atoms with E-state index in [4.69, 9.17) is 0 Å². The monoisotopic (exact) mass is 337 g/mol. The minimum absolute atomic E-state index is 0.217. The van der Waals surface area contributed by atoms with Crippen molar-refractivity contribution in [3.63, 3.8) is 0 Å². The van der Waals surface area contributed by atoms with Crippen molar-refractivity contribution in [2.75, 3.05) is 4.90 Å². The van der Waals surface area contributed by atoms with Crippen molar-refractivity contribution >= 4 is 5.82 Å². The molecule has 0 saturated carbocycles. The van der Waals surface area contributed by atoms with Crippen LogP contribution in [0.1, 0.15) is 42.1 Å². The minimum Gasteiger partial charge on any atom is -0.346 e.